The number of pyridine rings is 1. The summed E-state index contributed by atoms with van der Waals surface area (Å²) in [7, 11) is 0. The first-order valence-corrected chi connectivity index (χ1v) is 12.8. The van der Waals surface area contributed by atoms with Gasteiger partial charge in [0.1, 0.15) is 11.6 Å². The minimum absolute atomic E-state index is 0.0675. The summed E-state index contributed by atoms with van der Waals surface area (Å²) in [4.78, 5) is 24.1. The van der Waals surface area contributed by atoms with Gasteiger partial charge in [0.05, 0.1) is 11.6 Å². The lowest BCUT2D eigenvalue weighted by Crippen LogP contribution is -2.18. The Bertz CT molecular complexity index is 1440. The molecule has 3 aliphatic rings. The van der Waals surface area contributed by atoms with Crippen molar-refractivity contribution in [3.8, 4) is 0 Å². The molecule has 36 heavy (non-hydrogen) atoms. The number of hydrogen-bond acceptors (Lipinski definition) is 7. The quantitative estimate of drug-likeness (QED) is 0.335. The Labute approximate surface area is 208 Å². The molecule has 4 aromatic rings. The molecule has 1 aliphatic heterocycles. The van der Waals surface area contributed by atoms with Gasteiger partial charge in [-0.2, -0.15) is 5.10 Å². The van der Waals surface area contributed by atoms with E-state index in [0.717, 1.165) is 16.8 Å². The predicted molar refractivity (Wildman–Crippen MR) is 136 cm³/mol. The van der Waals surface area contributed by atoms with Crippen LogP contribution in [0.5, 0.6) is 0 Å². The van der Waals surface area contributed by atoms with Crippen molar-refractivity contribution in [1.82, 2.24) is 30.0 Å². The number of aromatic nitrogens is 5. The van der Waals surface area contributed by atoms with Gasteiger partial charge in [-0.15, -0.1) is 0 Å². The largest absolute Gasteiger partial charge is 0.345 e. The molecule has 0 radical (unpaired) electrons. The second-order valence-electron chi connectivity index (χ2n) is 10.3. The van der Waals surface area contributed by atoms with Crippen LogP contribution in [0.2, 0.25) is 0 Å². The predicted octanol–water partition coefficient (Wildman–Crippen LogP) is 4.34. The zero-order valence-corrected chi connectivity index (χ0v) is 20.0. The number of aromatic amines is 1. The maximum absolute atomic E-state index is 12.8. The number of benzene rings is 1. The van der Waals surface area contributed by atoms with E-state index < -0.39 is 0 Å². The third-order valence-electron chi connectivity index (χ3n) is 7.98. The van der Waals surface area contributed by atoms with Crippen LogP contribution in [-0.4, -0.2) is 31.0 Å². The molecule has 3 N–H and O–H groups in total. The first kappa shape index (κ1) is 21.7. The van der Waals surface area contributed by atoms with Gasteiger partial charge in [0.25, 0.3) is 5.56 Å². The van der Waals surface area contributed by atoms with Gasteiger partial charge in [-0.25, -0.2) is 9.97 Å². The van der Waals surface area contributed by atoms with Crippen LogP contribution >= 0.6 is 0 Å². The SMILES string of the molecule is O=c1[nH]ccc2c1c(Nc1ccc(CNC3OC3c3ncccn3)cc1)nn2C1CC12CCCCC2. The number of hydrogen-bond donors (Lipinski definition) is 3. The Morgan fingerprint density at radius 3 is 2.69 bits per heavy atom. The molecular formula is C27H29N7O2. The molecule has 0 amide bonds. The zero-order valence-electron chi connectivity index (χ0n) is 20.0. The summed E-state index contributed by atoms with van der Waals surface area (Å²) in [5.74, 6) is 1.32. The Morgan fingerprint density at radius 2 is 1.89 bits per heavy atom. The Kier molecular flexibility index (Phi) is 5.14. The molecular weight excluding hydrogens is 454 g/mol. The molecule has 1 aromatic carbocycles. The first-order chi connectivity index (χ1) is 17.7. The summed E-state index contributed by atoms with van der Waals surface area (Å²) < 4.78 is 7.77. The highest BCUT2D eigenvalue weighted by molar-refractivity contribution is 5.91. The van der Waals surface area contributed by atoms with Crippen molar-refractivity contribution in [2.45, 2.75) is 63.4 Å². The summed E-state index contributed by atoms with van der Waals surface area (Å²) in [5, 5.41) is 12.3. The van der Waals surface area contributed by atoms with Crippen molar-refractivity contribution in [3.63, 3.8) is 0 Å². The number of nitrogens with zero attached hydrogens (tertiary/aromatic N) is 4. The minimum atomic E-state index is -0.109. The zero-order chi connectivity index (χ0) is 24.1. The first-order valence-electron chi connectivity index (χ1n) is 12.8. The van der Waals surface area contributed by atoms with Crippen molar-refractivity contribution >= 4 is 22.4 Å². The smallest absolute Gasteiger partial charge is 0.261 e. The summed E-state index contributed by atoms with van der Waals surface area (Å²) in [6.07, 6.45) is 12.7. The van der Waals surface area contributed by atoms with Crippen molar-refractivity contribution in [2.24, 2.45) is 5.41 Å². The number of rotatable bonds is 7. The number of fused-ring (bicyclic) bond motifs is 1. The van der Waals surface area contributed by atoms with Gasteiger partial charge in [-0.3, -0.25) is 14.8 Å². The van der Waals surface area contributed by atoms with Gasteiger partial charge in [0.2, 0.25) is 0 Å². The van der Waals surface area contributed by atoms with Gasteiger partial charge in [-0.05, 0) is 54.5 Å². The monoisotopic (exact) mass is 483 g/mol. The molecule has 7 rings (SSSR count). The van der Waals surface area contributed by atoms with Crippen molar-refractivity contribution < 1.29 is 4.74 Å². The Morgan fingerprint density at radius 1 is 1.08 bits per heavy atom. The van der Waals surface area contributed by atoms with Crippen LogP contribution in [0.15, 0.2) is 59.8 Å². The number of H-pyrrole nitrogens is 1. The third kappa shape index (κ3) is 3.88. The molecule has 2 aliphatic carbocycles. The minimum Gasteiger partial charge on any atom is -0.345 e. The highest BCUT2D eigenvalue weighted by Crippen LogP contribution is 2.64. The van der Waals surface area contributed by atoms with Crippen LogP contribution in [0.3, 0.4) is 0 Å². The number of epoxide rings is 1. The maximum Gasteiger partial charge on any atom is 0.261 e. The third-order valence-corrected chi connectivity index (χ3v) is 7.98. The summed E-state index contributed by atoms with van der Waals surface area (Å²) in [5.41, 5.74) is 3.21. The van der Waals surface area contributed by atoms with Gasteiger partial charge in [0, 0.05) is 30.8 Å². The van der Waals surface area contributed by atoms with Crippen LogP contribution in [0.4, 0.5) is 11.5 Å². The molecule has 9 heteroatoms. The van der Waals surface area contributed by atoms with E-state index in [0.29, 0.717) is 35.0 Å². The van der Waals surface area contributed by atoms with E-state index in [-0.39, 0.29) is 17.9 Å². The van der Waals surface area contributed by atoms with Gasteiger partial charge in [-0.1, -0.05) is 31.4 Å². The van der Waals surface area contributed by atoms with Crippen molar-refractivity contribution in [2.75, 3.05) is 5.32 Å². The molecule has 1 saturated heterocycles. The summed E-state index contributed by atoms with van der Waals surface area (Å²) in [6.45, 7) is 0.676. The Balaban J connectivity index is 1.05. The normalized spacial score (nSPS) is 24.2. The molecule has 3 unspecified atom stereocenters. The van der Waals surface area contributed by atoms with Crippen LogP contribution in [-0.2, 0) is 11.3 Å². The topological polar surface area (TPSA) is 113 Å². The summed E-state index contributed by atoms with van der Waals surface area (Å²) in [6, 6.07) is 12.3. The van der Waals surface area contributed by atoms with Crippen LogP contribution in [0.1, 0.15) is 62.1 Å². The van der Waals surface area contributed by atoms with Crippen molar-refractivity contribution in [1.29, 1.82) is 0 Å². The van der Waals surface area contributed by atoms with Crippen LogP contribution in [0, 0.1) is 5.41 Å². The standard InChI is InChI=1S/C27H29N7O2/c35-25-21-19(9-14-30-25)34(20-15-27(20)10-2-1-3-11-27)33-23(21)32-18-7-5-17(6-8-18)16-31-26-22(36-26)24-28-12-4-13-29-24/h4-9,12-14,20,22,26,31H,1-3,10-11,15-16H2,(H,30,35)(H,32,33). The molecule has 2 saturated carbocycles. The average molecular weight is 484 g/mol. The Hall–Kier alpha value is -3.56. The van der Waals surface area contributed by atoms with E-state index in [1.54, 1.807) is 24.7 Å². The van der Waals surface area contributed by atoms with Gasteiger partial charge >= 0.3 is 0 Å². The maximum atomic E-state index is 12.8. The fourth-order valence-corrected chi connectivity index (χ4v) is 5.87. The highest BCUT2D eigenvalue weighted by atomic mass is 16.6. The fraction of sp³-hybridized carbons (Fsp3) is 0.407. The van der Waals surface area contributed by atoms with E-state index in [2.05, 4.69) is 42.4 Å². The van der Waals surface area contributed by atoms with Gasteiger partial charge in [0.15, 0.2) is 17.7 Å². The van der Waals surface area contributed by atoms with E-state index in [9.17, 15) is 4.79 Å². The van der Waals surface area contributed by atoms with E-state index in [4.69, 9.17) is 9.84 Å². The van der Waals surface area contributed by atoms with E-state index in [1.807, 2.05) is 18.2 Å². The lowest BCUT2D eigenvalue weighted by atomic mass is 9.86. The molecule has 0 bridgehead atoms. The number of anilines is 2. The van der Waals surface area contributed by atoms with Crippen LogP contribution < -0.4 is 16.2 Å². The molecule has 4 heterocycles. The average Bonchev–Trinajstić information content (AvgIpc) is 3.81. The summed E-state index contributed by atoms with van der Waals surface area (Å²) >= 11 is 0. The second kappa shape index (κ2) is 8.53. The molecule has 3 fully saturated rings. The number of nitrogens with one attached hydrogen (secondary N) is 3. The second-order valence-corrected chi connectivity index (χ2v) is 10.3. The van der Waals surface area contributed by atoms with Gasteiger partial charge < -0.3 is 15.0 Å². The van der Waals surface area contributed by atoms with Crippen molar-refractivity contribution in [3.05, 3.63) is 76.7 Å². The molecule has 3 aromatic heterocycles. The fourth-order valence-electron chi connectivity index (χ4n) is 5.87. The molecule has 1 spiro atoms. The highest BCUT2D eigenvalue weighted by Gasteiger charge is 2.56. The van der Waals surface area contributed by atoms with E-state index in [1.165, 1.54) is 38.5 Å². The lowest BCUT2D eigenvalue weighted by Gasteiger charge is -2.22. The van der Waals surface area contributed by atoms with E-state index >= 15 is 0 Å². The molecule has 9 nitrogen and oxygen atoms in total. The molecule has 3 atom stereocenters. The number of ether oxygens (including phenoxy) is 1. The molecule has 184 valence electrons. The lowest BCUT2D eigenvalue weighted by molar-refractivity contribution is 0.303. The van der Waals surface area contributed by atoms with Crippen LogP contribution in [0.25, 0.3) is 10.9 Å².